The van der Waals surface area contributed by atoms with Gasteiger partial charge in [0, 0.05) is 12.7 Å². The number of aromatic nitrogens is 2. The lowest BCUT2D eigenvalue weighted by atomic mass is 10.0. The predicted molar refractivity (Wildman–Crippen MR) is 66.6 cm³/mol. The number of aromatic hydroxyl groups is 1. The van der Waals surface area contributed by atoms with Crippen LogP contribution in [-0.4, -0.2) is 14.7 Å². The topological polar surface area (TPSA) is 64.1 Å². The Morgan fingerprint density at radius 3 is 2.53 bits per heavy atom. The van der Waals surface area contributed by atoms with Crippen LogP contribution >= 0.6 is 0 Å². The molecule has 0 radical (unpaired) electrons. The van der Waals surface area contributed by atoms with Crippen LogP contribution in [0.5, 0.6) is 5.75 Å². The molecule has 0 aliphatic rings. The van der Waals surface area contributed by atoms with Crippen LogP contribution in [0.3, 0.4) is 0 Å². The number of rotatable bonds is 3. The zero-order chi connectivity index (χ0) is 12.5. The summed E-state index contributed by atoms with van der Waals surface area (Å²) in [5, 5.41) is 9.23. The average Bonchev–Trinajstić information content (AvgIpc) is 2.69. The Morgan fingerprint density at radius 1 is 1.29 bits per heavy atom. The fraction of sp³-hybridized carbons (Fsp3) is 0.308. The van der Waals surface area contributed by atoms with E-state index in [2.05, 4.69) is 4.98 Å². The molecule has 0 spiro atoms. The van der Waals surface area contributed by atoms with E-state index in [1.165, 1.54) is 0 Å². The molecule has 1 aromatic heterocycles. The quantitative estimate of drug-likeness (QED) is 0.847. The van der Waals surface area contributed by atoms with Crippen molar-refractivity contribution in [1.29, 1.82) is 0 Å². The summed E-state index contributed by atoms with van der Waals surface area (Å²) in [7, 11) is 0. The third-order valence-electron chi connectivity index (χ3n) is 2.66. The van der Waals surface area contributed by atoms with Gasteiger partial charge in [0.25, 0.3) is 0 Å². The summed E-state index contributed by atoms with van der Waals surface area (Å²) in [6.45, 7) is 4.62. The summed E-state index contributed by atoms with van der Waals surface area (Å²) < 4.78 is 2.02. The van der Waals surface area contributed by atoms with Gasteiger partial charge >= 0.3 is 0 Å². The Balaban J connectivity index is 2.25. The smallest absolute Gasteiger partial charge is 0.115 e. The van der Waals surface area contributed by atoms with Gasteiger partial charge in [0.15, 0.2) is 0 Å². The van der Waals surface area contributed by atoms with Gasteiger partial charge in [-0.1, -0.05) is 12.1 Å². The van der Waals surface area contributed by atoms with Crippen molar-refractivity contribution in [2.75, 3.05) is 0 Å². The molecule has 0 amide bonds. The minimum absolute atomic E-state index is 0.277. The number of phenolic OH excluding ortho intramolecular Hbond substituents is 1. The van der Waals surface area contributed by atoms with Crippen LogP contribution < -0.4 is 5.73 Å². The number of imidazole rings is 1. The molecule has 2 aromatic rings. The maximum Gasteiger partial charge on any atom is 0.115 e. The van der Waals surface area contributed by atoms with Gasteiger partial charge in [0.2, 0.25) is 0 Å². The molecular formula is C13H17N3O. The monoisotopic (exact) mass is 231 g/mol. The summed E-state index contributed by atoms with van der Waals surface area (Å²) in [6.07, 6.45) is 3.57. The molecule has 4 heteroatoms. The molecule has 0 aliphatic heterocycles. The largest absolute Gasteiger partial charge is 0.508 e. The summed E-state index contributed by atoms with van der Waals surface area (Å²) >= 11 is 0. The maximum atomic E-state index is 9.23. The lowest BCUT2D eigenvalue weighted by Crippen LogP contribution is -2.31. The Bertz CT molecular complexity index is 494. The molecule has 17 heavy (non-hydrogen) atoms. The highest BCUT2D eigenvalue weighted by Gasteiger charge is 2.18. The molecule has 1 heterocycles. The van der Waals surface area contributed by atoms with E-state index in [0.717, 1.165) is 11.3 Å². The molecule has 0 saturated carbocycles. The molecule has 2 rings (SSSR count). The molecule has 0 bridgehead atoms. The fourth-order valence-corrected chi connectivity index (χ4v) is 1.78. The fourth-order valence-electron chi connectivity index (χ4n) is 1.78. The standard InChI is InChI=1S/C13H17N3O/c1-13(2,14)12-7-15-9-16(12)8-10-3-5-11(17)6-4-10/h3-7,9,17H,8,14H2,1-2H3. The lowest BCUT2D eigenvalue weighted by Gasteiger charge is -2.20. The second kappa shape index (κ2) is 4.22. The van der Waals surface area contributed by atoms with Gasteiger partial charge in [-0.05, 0) is 31.5 Å². The van der Waals surface area contributed by atoms with E-state index in [1.807, 2.05) is 30.5 Å². The van der Waals surface area contributed by atoms with Crippen LogP contribution in [0.1, 0.15) is 25.1 Å². The third kappa shape index (κ3) is 2.65. The molecule has 90 valence electrons. The van der Waals surface area contributed by atoms with Crippen molar-refractivity contribution in [3.63, 3.8) is 0 Å². The first-order chi connectivity index (χ1) is 7.97. The van der Waals surface area contributed by atoms with Crippen LogP contribution in [0.4, 0.5) is 0 Å². The molecule has 4 nitrogen and oxygen atoms in total. The van der Waals surface area contributed by atoms with E-state index in [4.69, 9.17) is 5.73 Å². The number of nitrogens with two attached hydrogens (primary N) is 1. The molecular weight excluding hydrogens is 214 g/mol. The first-order valence-corrected chi connectivity index (χ1v) is 5.54. The zero-order valence-electron chi connectivity index (χ0n) is 10.1. The number of hydrogen-bond acceptors (Lipinski definition) is 3. The van der Waals surface area contributed by atoms with Gasteiger partial charge in [0.1, 0.15) is 5.75 Å². The van der Waals surface area contributed by atoms with Crippen molar-refractivity contribution < 1.29 is 5.11 Å². The summed E-state index contributed by atoms with van der Waals surface area (Å²) in [5.41, 5.74) is 7.76. The SMILES string of the molecule is CC(C)(N)c1cncn1Cc1ccc(O)cc1. The Labute approximate surface area is 101 Å². The van der Waals surface area contributed by atoms with Crippen molar-refractivity contribution in [2.24, 2.45) is 5.73 Å². The van der Waals surface area contributed by atoms with Gasteiger partial charge in [-0.3, -0.25) is 0 Å². The first kappa shape index (κ1) is 11.7. The Hall–Kier alpha value is -1.81. The van der Waals surface area contributed by atoms with Gasteiger partial charge < -0.3 is 15.4 Å². The zero-order valence-corrected chi connectivity index (χ0v) is 10.1. The Morgan fingerprint density at radius 2 is 1.94 bits per heavy atom. The third-order valence-corrected chi connectivity index (χ3v) is 2.66. The number of phenols is 1. The highest BCUT2D eigenvalue weighted by Crippen LogP contribution is 2.18. The summed E-state index contributed by atoms with van der Waals surface area (Å²) in [5.74, 6) is 0.277. The van der Waals surface area contributed by atoms with E-state index < -0.39 is 5.54 Å². The van der Waals surface area contributed by atoms with Crippen LogP contribution in [0.2, 0.25) is 0 Å². The summed E-state index contributed by atoms with van der Waals surface area (Å²) in [6, 6.07) is 7.14. The number of hydrogen-bond donors (Lipinski definition) is 2. The second-order valence-electron chi connectivity index (χ2n) is 4.79. The van der Waals surface area contributed by atoms with Crippen molar-refractivity contribution in [3.05, 3.63) is 48.0 Å². The van der Waals surface area contributed by atoms with Crippen LogP contribution in [0.25, 0.3) is 0 Å². The van der Waals surface area contributed by atoms with E-state index in [1.54, 1.807) is 24.7 Å². The van der Waals surface area contributed by atoms with Gasteiger partial charge in [-0.25, -0.2) is 4.98 Å². The Kier molecular flexibility index (Phi) is 2.90. The van der Waals surface area contributed by atoms with Gasteiger partial charge in [-0.15, -0.1) is 0 Å². The van der Waals surface area contributed by atoms with Crippen molar-refractivity contribution in [3.8, 4) is 5.75 Å². The van der Waals surface area contributed by atoms with Crippen molar-refractivity contribution >= 4 is 0 Å². The van der Waals surface area contributed by atoms with Crippen LogP contribution in [0, 0.1) is 0 Å². The minimum atomic E-state index is -0.409. The van der Waals surface area contributed by atoms with Crippen molar-refractivity contribution in [1.82, 2.24) is 9.55 Å². The molecule has 3 N–H and O–H groups in total. The second-order valence-corrected chi connectivity index (χ2v) is 4.79. The van der Waals surface area contributed by atoms with E-state index in [0.29, 0.717) is 6.54 Å². The maximum absolute atomic E-state index is 9.23. The minimum Gasteiger partial charge on any atom is -0.508 e. The van der Waals surface area contributed by atoms with Crippen LogP contribution in [-0.2, 0) is 12.1 Å². The molecule has 0 fully saturated rings. The van der Waals surface area contributed by atoms with Gasteiger partial charge in [-0.2, -0.15) is 0 Å². The molecule has 1 aromatic carbocycles. The van der Waals surface area contributed by atoms with Crippen molar-refractivity contribution in [2.45, 2.75) is 25.9 Å². The highest BCUT2D eigenvalue weighted by molar-refractivity contribution is 5.26. The van der Waals surface area contributed by atoms with Crippen LogP contribution in [0.15, 0.2) is 36.8 Å². The first-order valence-electron chi connectivity index (χ1n) is 5.54. The summed E-state index contributed by atoms with van der Waals surface area (Å²) in [4.78, 5) is 4.14. The highest BCUT2D eigenvalue weighted by atomic mass is 16.3. The molecule has 0 saturated heterocycles. The van der Waals surface area contributed by atoms with E-state index >= 15 is 0 Å². The number of nitrogens with zero attached hydrogens (tertiary/aromatic N) is 2. The van der Waals surface area contributed by atoms with Gasteiger partial charge in [0.05, 0.1) is 17.6 Å². The average molecular weight is 231 g/mol. The normalized spacial score (nSPS) is 11.7. The molecule has 0 unspecified atom stereocenters. The van der Waals surface area contributed by atoms with E-state index in [-0.39, 0.29) is 5.75 Å². The van der Waals surface area contributed by atoms with E-state index in [9.17, 15) is 5.11 Å². The molecule has 0 atom stereocenters. The lowest BCUT2D eigenvalue weighted by molar-refractivity contribution is 0.474. The number of benzene rings is 1. The predicted octanol–water partition coefficient (Wildman–Crippen LogP) is 1.83. The molecule has 0 aliphatic carbocycles.